The molecule has 0 fully saturated rings. The molecule has 1 atom stereocenters. The lowest BCUT2D eigenvalue weighted by Gasteiger charge is -2.20. The molecule has 0 aliphatic rings. The number of aromatic nitrogens is 3. The van der Waals surface area contributed by atoms with Gasteiger partial charge in [0.15, 0.2) is 5.15 Å². The average molecular weight is 432 g/mol. The van der Waals surface area contributed by atoms with Crippen LogP contribution in [0, 0.1) is 5.92 Å². The van der Waals surface area contributed by atoms with Crippen LogP contribution in [-0.2, 0) is 9.59 Å². The van der Waals surface area contributed by atoms with Gasteiger partial charge in [-0.25, -0.2) is 4.68 Å². The Hall–Kier alpha value is -2.62. The fourth-order valence-electron chi connectivity index (χ4n) is 2.54. The van der Waals surface area contributed by atoms with Gasteiger partial charge in [0.1, 0.15) is 5.69 Å². The average Bonchev–Trinajstić information content (AvgIpc) is 3.04. The number of carbonyl (C=O) groups is 2. The van der Waals surface area contributed by atoms with Gasteiger partial charge in [-0.3, -0.25) is 14.6 Å². The Morgan fingerprint density at radius 1 is 1.38 bits per heavy atom. The molecule has 0 spiro atoms. The Kier molecular flexibility index (Phi) is 7.60. The van der Waals surface area contributed by atoms with Crippen LogP contribution in [0.5, 0.6) is 0 Å². The number of rotatable bonds is 8. The molecule has 2 aromatic rings. The van der Waals surface area contributed by atoms with E-state index in [2.05, 4.69) is 15.4 Å². The Labute approximate surface area is 170 Å². The summed E-state index contributed by atoms with van der Waals surface area (Å²) in [6.07, 6.45) is -0.418. The number of alkyl halides is 3. The van der Waals surface area contributed by atoms with Crippen molar-refractivity contribution in [2.24, 2.45) is 5.92 Å². The van der Waals surface area contributed by atoms with Crippen LogP contribution in [0.4, 0.5) is 18.9 Å². The summed E-state index contributed by atoms with van der Waals surface area (Å²) < 4.78 is 39.0. The highest BCUT2D eigenvalue weighted by Gasteiger charge is 2.37. The van der Waals surface area contributed by atoms with Gasteiger partial charge in [0.25, 0.3) is 0 Å². The van der Waals surface area contributed by atoms with E-state index in [1.54, 1.807) is 37.6 Å². The maximum Gasteiger partial charge on any atom is 0.392 e. The second-order valence-corrected chi connectivity index (χ2v) is 6.70. The number of carbonyl (C=O) groups excluding carboxylic acids is 2. The van der Waals surface area contributed by atoms with Crippen molar-refractivity contribution < 1.29 is 22.8 Å². The predicted octanol–water partition coefficient (Wildman–Crippen LogP) is 3.37. The Bertz CT molecular complexity index is 842. The monoisotopic (exact) mass is 431 g/mol. The first-order chi connectivity index (χ1) is 13.6. The van der Waals surface area contributed by atoms with E-state index in [1.807, 2.05) is 0 Å². The minimum atomic E-state index is -4.43. The molecule has 0 aliphatic heterocycles. The van der Waals surface area contributed by atoms with Gasteiger partial charge in [0.2, 0.25) is 11.8 Å². The lowest BCUT2D eigenvalue weighted by Crippen LogP contribution is -2.35. The molecular formula is C18H21ClF3N5O2. The highest BCUT2D eigenvalue weighted by atomic mass is 35.5. The van der Waals surface area contributed by atoms with Crippen molar-refractivity contribution in [1.29, 1.82) is 0 Å². The van der Waals surface area contributed by atoms with Crippen LogP contribution >= 0.6 is 11.6 Å². The third-order valence-corrected chi connectivity index (χ3v) is 4.45. The van der Waals surface area contributed by atoms with Gasteiger partial charge in [-0.15, -0.1) is 0 Å². The van der Waals surface area contributed by atoms with Crippen LogP contribution in [0.1, 0.15) is 26.7 Å². The fourth-order valence-corrected chi connectivity index (χ4v) is 2.77. The van der Waals surface area contributed by atoms with Gasteiger partial charge in [0.05, 0.1) is 24.0 Å². The van der Waals surface area contributed by atoms with Crippen LogP contribution in [0.3, 0.4) is 0 Å². The topological polar surface area (TPSA) is 80.1 Å². The third-order valence-electron chi connectivity index (χ3n) is 4.18. The van der Waals surface area contributed by atoms with Gasteiger partial charge in [-0.1, -0.05) is 18.5 Å². The minimum Gasteiger partial charge on any atom is -0.356 e. The summed E-state index contributed by atoms with van der Waals surface area (Å²) in [5.41, 5.74) is 1.05. The molecule has 0 aromatic carbocycles. The first-order valence-electron chi connectivity index (χ1n) is 8.92. The molecule has 1 unspecified atom stereocenters. The van der Waals surface area contributed by atoms with Gasteiger partial charge >= 0.3 is 6.18 Å². The maximum atomic E-state index is 12.5. The zero-order chi connectivity index (χ0) is 21.6. The second kappa shape index (κ2) is 9.73. The molecule has 2 amide bonds. The van der Waals surface area contributed by atoms with E-state index in [-0.39, 0.29) is 24.0 Å². The zero-order valence-corrected chi connectivity index (χ0v) is 16.7. The zero-order valence-electron chi connectivity index (χ0n) is 15.9. The first-order valence-corrected chi connectivity index (χ1v) is 9.30. The van der Waals surface area contributed by atoms with Gasteiger partial charge in [-0.2, -0.15) is 18.3 Å². The molecule has 0 radical (unpaired) electrons. The van der Waals surface area contributed by atoms with E-state index in [4.69, 9.17) is 11.6 Å². The molecule has 0 saturated heterocycles. The molecule has 11 heteroatoms. The normalized spacial score (nSPS) is 12.5. The predicted molar refractivity (Wildman–Crippen MR) is 102 cm³/mol. The van der Waals surface area contributed by atoms with Crippen molar-refractivity contribution in [3.8, 4) is 5.69 Å². The Morgan fingerprint density at radius 3 is 2.69 bits per heavy atom. The van der Waals surface area contributed by atoms with Crippen LogP contribution in [0.25, 0.3) is 5.69 Å². The van der Waals surface area contributed by atoms with E-state index in [9.17, 15) is 22.8 Å². The summed E-state index contributed by atoms with van der Waals surface area (Å²) in [6.45, 7) is 2.91. The van der Waals surface area contributed by atoms with Crippen LogP contribution in [0.2, 0.25) is 5.15 Å². The molecular weight excluding hydrogens is 411 g/mol. The van der Waals surface area contributed by atoms with E-state index < -0.39 is 24.4 Å². The molecule has 2 aromatic heterocycles. The van der Waals surface area contributed by atoms with Gasteiger partial charge in [-0.05, 0) is 19.1 Å². The van der Waals surface area contributed by atoms with E-state index >= 15 is 0 Å². The van der Waals surface area contributed by atoms with Crippen molar-refractivity contribution in [3.63, 3.8) is 0 Å². The Morgan fingerprint density at radius 2 is 2.10 bits per heavy atom. The molecule has 0 aliphatic carbocycles. The summed E-state index contributed by atoms with van der Waals surface area (Å²) in [5, 5.41) is 6.63. The molecule has 2 rings (SSSR count). The molecule has 0 bridgehead atoms. The van der Waals surface area contributed by atoms with Crippen molar-refractivity contribution in [1.82, 2.24) is 20.1 Å². The van der Waals surface area contributed by atoms with Gasteiger partial charge < -0.3 is 10.2 Å². The molecule has 7 nitrogen and oxygen atoms in total. The van der Waals surface area contributed by atoms with E-state index in [0.29, 0.717) is 17.9 Å². The highest BCUT2D eigenvalue weighted by molar-refractivity contribution is 6.32. The van der Waals surface area contributed by atoms with E-state index in [1.165, 1.54) is 9.58 Å². The first kappa shape index (κ1) is 22.7. The number of hydrogen-bond acceptors (Lipinski definition) is 4. The minimum absolute atomic E-state index is 0.0763. The molecule has 1 N–H and O–H groups in total. The van der Waals surface area contributed by atoms with Crippen LogP contribution in [-0.4, -0.2) is 45.8 Å². The number of nitrogens with one attached hydrogen (secondary N) is 1. The highest BCUT2D eigenvalue weighted by Crippen LogP contribution is 2.28. The van der Waals surface area contributed by atoms with Crippen LogP contribution < -0.4 is 10.2 Å². The summed E-state index contributed by atoms with van der Waals surface area (Å²) in [4.78, 5) is 29.5. The number of anilines is 1. The largest absolute Gasteiger partial charge is 0.392 e. The van der Waals surface area contributed by atoms with Crippen molar-refractivity contribution in [3.05, 3.63) is 35.9 Å². The summed E-state index contributed by atoms with van der Waals surface area (Å²) >= 11 is 6.17. The van der Waals surface area contributed by atoms with E-state index in [0.717, 1.165) is 6.92 Å². The van der Waals surface area contributed by atoms with Crippen LogP contribution in [0.15, 0.2) is 30.7 Å². The number of amides is 2. The maximum absolute atomic E-state index is 12.5. The number of hydrogen-bond donors (Lipinski definition) is 1. The summed E-state index contributed by atoms with van der Waals surface area (Å²) in [7, 11) is 0. The Balaban J connectivity index is 1.96. The van der Waals surface area contributed by atoms with Crippen molar-refractivity contribution in [2.45, 2.75) is 32.9 Å². The standard InChI is InChI=1S/C18H21ClF3N5O2/c1-3-26(14-11-27(25-17(14)19)13-5-4-7-23-10-13)16(29)6-8-24-15(28)9-12(2)18(20,21)22/h4-5,7,10-12H,3,6,8-9H2,1-2H3,(H,24,28). The van der Waals surface area contributed by atoms with Crippen molar-refractivity contribution in [2.75, 3.05) is 18.0 Å². The second-order valence-electron chi connectivity index (χ2n) is 6.35. The quantitative estimate of drug-likeness (QED) is 0.695. The molecule has 0 saturated carbocycles. The van der Waals surface area contributed by atoms with Gasteiger partial charge in [0, 0.05) is 32.1 Å². The number of pyridine rings is 1. The lowest BCUT2D eigenvalue weighted by molar-refractivity contribution is -0.174. The van der Waals surface area contributed by atoms with Crippen molar-refractivity contribution >= 4 is 29.1 Å². The molecule has 2 heterocycles. The SMILES string of the molecule is CCN(C(=O)CCNC(=O)CC(C)C(F)(F)F)c1cn(-c2cccnc2)nc1Cl. The smallest absolute Gasteiger partial charge is 0.356 e. The fraction of sp³-hybridized carbons (Fsp3) is 0.444. The summed E-state index contributed by atoms with van der Waals surface area (Å²) in [5.74, 6) is -2.85. The third kappa shape index (κ3) is 6.18. The lowest BCUT2D eigenvalue weighted by atomic mass is 10.1. The number of halogens is 4. The number of nitrogens with zero attached hydrogens (tertiary/aromatic N) is 4. The summed E-state index contributed by atoms with van der Waals surface area (Å²) in [6, 6.07) is 3.51. The molecule has 29 heavy (non-hydrogen) atoms. The molecule has 158 valence electrons.